The Hall–Kier alpha value is -1.67. The number of hydrogen-bond donors (Lipinski definition) is 0. The second-order valence-corrected chi connectivity index (χ2v) is 9.36. The van der Waals surface area contributed by atoms with Gasteiger partial charge in [-0.1, -0.05) is 6.07 Å². The van der Waals surface area contributed by atoms with Gasteiger partial charge in [-0.05, 0) is 24.3 Å². The fraction of sp³-hybridized carbons (Fsp3) is 0.500. The fourth-order valence-electron chi connectivity index (χ4n) is 3.01. The fourth-order valence-corrected chi connectivity index (χ4v) is 5.25. The molecule has 0 radical (unpaired) electrons. The van der Waals surface area contributed by atoms with Crippen molar-refractivity contribution in [3.63, 3.8) is 0 Å². The number of rotatable bonds is 5. The lowest BCUT2D eigenvalue weighted by Crippen LogP contribution is -2.46. The van der Waals surface area contributed by atoms with Gasteiger partial charge in [0.25, 0.3) is 0 Å². The highest BCUT2D eigenvalue weighted by Crippen LogP contribution is 2.27. The van der Waals surface area contributed by atoms with Gasteiger partial charge in [0.1, 0.15) is 0 Å². The lowest BCUT2D eigenvalue weighted by Gasteiger charge is -2.35. The van der Waals surface area contributed by atoms with E-state index in [1.54, 1.807) is 40.4 Å². The highest BCUT2D eigenvalue weighted by atomic mass is 32.2. The lowest BCUT2D eigenvalue weighted by atomic mass is 10.1. The summed E-state index contributed by atoms with van der Waals surface area (Å²) < 4.78 is 25.7. The molecule has 0 aromatic carbocycles. The van der Waals surface area contributed by atoms with Crippen molar-refractivity contribution in [2.45, 2.75) is 25.3 Å². The van der Waals surface area contributed by atoms with Gasteiger partial charge in [0.2, 0.25) is 5.91 Å². The highest BCUT2D eigenvalue weighted by Gasteiger charge is 2.35. The summed E-state index contributed by atoms with van der Waals surface area (Å²) in [5.41, 5.74) is 0.785. The van der Waals surface area contributed by atoms with E-state index >= 15 is 0 Å². The zero-order valence-corrected chi connectivity index (χ0v) is 15.2. The molecular formula is C16H21N3O3S2. The minimum absolute atomic E-state index is 0.0185. The predicted octanol–water partition coefficient (Wildman–Crippen LogP) is 1.80. The summed E-state index contributed by atoms with van der Waals surface area (Å²) in [6.45, 7) is 0.264. The molecule has 1 fully saturated rings. The molecule has 6 nitrogen and oxygen atoms in total. The van der Waals surface area contributed by atoms with Crippen molar-refractivity contribution in [1.29, 1.82) is 0 Å². The Kier molecular flexibility index (Phi) is 5.05. The molecule has 1 aliphatic rings. The topological polar surface area (TPSA) is 72.3 Å². The van der Waals surface area contributed by atoms with E-state index in [0.29, 0.717) is 6.42 Å². The molecule has 1 aliphatic heterocycles. The molecule has 3 heterocycles. The van der Waals surface area contributed by atoms with Gasteiger partial charge in [0.15, 0.2) is 9.84 Å². The van der Waals surface area contributed by atoms with Crippen molar-refractivity contribution in [3.8, 4) is 0 Å². The number of thiophene rings is 1. The van der Waals surface area contributed by atoms with Crippen LogP contribution >= 0.6 is 11.3 Å². The van der Waals surface area contributed by atoms with Crippen LogP contribution in [0.3, 0.4) is 0 Å². The van der Waals surface area contributed by atoms with Crippen LogP contribution in [-0.2, 0) is 28.1 Å². The van der Waals surface area contributed by atoms with Crippen LogP contribution in [0.5, 0.6) is 0 Å². The molecule has 0 unspecified atom stereocenters. The van der Waals surface area contributed by atoms with Crippen LogP contribution in [0.15, 0.2) is 29.9 Å². The maximum absolute atomic E-state index is 12.6. The van der Waals surface area contributed by atoms with Gasteiger partial charge in [-0.25, -0.2) is 8.42 Å². The first kappa shape index (κ1) is 17.2. The molecule has 1 amide bonds. The summed E-state index contributed by atoms with van der Waals surface area (Å²) in [4.78, 5) is 15.6. The molecule has 1 saturated heterocycles. The van der Waals surface area contributed by atoms with E-state index in [4.69, 9.17) is 0 Å². The van der Waals surface area contributed by atoms with Crippen molar-refractivity contribution >= 4 is 27.1 Å². The molecule has 0 N–H and O–H groups in total. The van der Waals surface area contributed by atoms with Gasteiger partial charge >= 0.3 is 0 Å². The molecule has 0 aliphatic carbocycles. The summed E-state index contributed by atoms with van der Waals surface area (Å²) in [6.07, 6.45) is 5.54. The third-order valence-electron chi connectivity index (χ3n) is 4.26. The van der Waals surface area contributed by atoms with E-state index < -0.39 is 15.9 Å². The average molecular weight is 367 g/mol. The summed E-state index contributed by atoms with van der Waals surface area (Å²) in [7, 11) is -1.34. The SMILES string of the molecule is Cn1cc([C@H]2CS(=O)(=O)CCN2C(=O)CCCc2cccs2)cn1. The van der Waals surface area contributed by atoms with Gasteiger partial charge in [-0.3, -0.25) is 9.48 Å². The summed E-state index contributed by atoms with van der Waals surface area (Å²) in [5.74, 6) is 0.0470. The van der Waals surface area contributed by atoms with Crippen LogP contribution in [0.1, 0.15) is 29.3 Å². The molecular weight excluding hydrogens is 346 g/mol. The second-order valence-electron chi connectivity index (χ2n) is 6.10. The van der Waals surface area contributed by atoms with Gasteiger partial charge in [-0.2, -0.15) is 5.10 Å². The van der Waals surface area contributed by atoms with Gasteiger partial charge in [-0.15, -0.1) is 11.3 Å². The molecule has 1 atom stereocenters. The second kappa shape index (κ2) is 7.06. The number of carbonyl (C=O) groups excluding carboxylic acids is 1. The van der Waals surface area contributed by atoms with Gasteiger partial charge in [0.05, 0.1) is 23.7 Å². The van der Waals surface area contributed by atoms with Crippen LogP contribution in [0.25, 0.3) is 0 Å². The minimum Gasteiger partial charge on any atom is -0.333 e. The first-order chi connectivity index (χ1) is 11.4. The summed E-state index contributed by atoms with van der Waals surface area (Å²) >= 11 is 1.69. The van der Waals surface area contributed by atoms with Crippen molar-refractivity contribution in [2.75, 3.05) is 18.1 Å². The largest absolute Gasteiger partial charge is 0.333 e. The van der Waals surface area contributed by atoms with E-state index in [9.17, 15) is 13.2 Å². The number of aromatic nitrogens is 2. The molecule has 8 heteroatoms. The number of hydrogen-bond acceptors (Lipinski definition) is 5. The number of amides is 1. The van der Waals surface area contributed by atoms with E-state index in [1.807, 2.05) is 11.4 Å². The maximum atomic E-state index is 12.6. The van der Waals surface area contributed by atoms with Crippen molar-refractivity contribution in [1.82, 2.24) is 14.7 Å². The standard InChI is InChI=1S/C16H21N3O3S2/c1-18-11-13(10-17-18)15-12-24(21,22)9-7-19(15)16(20)6-2-4-14-5-3-8-23-14/h3,5,8,10-11,15H,2,4,6-7,9,12H2,1H3/t15-/m1/s1. The van der Waals surface area contributed by atoms with E-state index in [2.05, 4.69) is 11.2 Å². The average Bonchev–Trinajstić information content (AvgIpc) is 3.18. The van der Waals surface area contributed by atoms with Crippen LogP contribution in [0.4, 0.5) is 0 Å². The third-order valence-corrected chi connectivity index (χ3v) is 6.82. The highest BCUT2D eigenvalue weighted by molar-refractivity contribution is 7.91. The smallest absolute Gasteiger partial charge is 0.223 e. The Morgan fingerprint density at radius 1 is 1.46 bits per heavy atom. The zero-order valence-electron chi connectivity index (χ0n) is 13.6. The molecule has 24 heavy (non-hydrogen) atoms. The Bertz CT molecular complexity index is 796. The first-order valence-electron chi connectivity index (χ1n) is 7.95. The predicted molar refractivity (Wildman–Crippen MR) is 93.6 cm³/mol. The van der Waals surface area contributed by atoms with E-state index in [-0.39, 0.29) is 24.0 Å². The third kappa shape index (κ3) is 4.05. The van der Waals surface area contributed by atoms with Crippen molar-refractivity contribution in [2.24, 2.45) is 7.05 Å². The molecule has 0 spiro atoms. The van der Waals surface area contributed by atoms with Crippen LogP contribution < -0.4 is 0 Å². The molecule has 130 valence electrons. The molecule has 3 rings (SSSR count). The number of nitrogens with zero attached hydrogens (tertiary/aromatic N) is 3. The molecule has 2 aromatic rings. The zero-order chi connectivity index (χ0) is 17.2. The minimum atomic E-state index is -3.12. The van der Waals surface area contributed by atoms with Crippen LogP contribution in [0.2, 0.25) is 0 Å². The maximum Gasteiger partial charge on any atom is 0.223 e. The Balaban J connectivity index is 1.68. The monoisotopic (exact) mass is 367 g/mol. The molecule has 2 aromatic heterocycles. The van der Waals surface area contributed by atoms with Gasteiger partial charge < -0.3 is 4.90 Å². The Labute approximate surface area is 146 Å². The lowest BCUT2D eigenvalue weighted by molar-refractivity contribution is -0.133. The van der Waals surface area contributed by atoms with E-state index in [0.717, 1.165) is 18.4 Å². The van der Waals surface area contributed by atoms with Crippen molar-refractivity contribution < 1.29 is 13.2 Å². The number of aryl methyl sites for hydroxylation is 2. The summed E-state index contributed by atoms with van der Waals surface area (Å²) in [5, 5.41) is 6.15. The number of carbonyl (C=O) groups is 1. The summed E-state index contributed by atoms with van der Waals surface area (Å²) in [6, 6.07) is 3.66. The molecule has 0 bridgehead atoms. The van der Waals surface area contributed by atoms with Crippen LogP contribution in [-0.4, -0.2) is 47.1 Å². The van der Waals surface area contributed by atoms with Crippen LogP contribution in [0, 0.1) is 0 Å². The Morgan fingerprint density at radius 2 is 2.29 bits per heavy atom. The van der Waals surface area contributed by atoms with Gasteiger partial charge in [0, 0.05) is 36.7 Å². The molecule has 0 saturated carbocycles. The quantitative estimate of drug-likeness (QED) is 0.808. The Morgan fingerprint density at radius 3 is 2.96 bits per heavy atom. The van der Waals surface area contributed by atoms with Crippen molar-refractivity contribution in [3.05, 3.63) is 40.3 Å². The first-order valence-corrected chi connectivity index (χ1v) is 10.7. The number of sulfone groups is 1. The van der Waals surface area contributed by atoms with E-state index in [1.165, 1.54) is 4.88 Å². The normalized spacial score (nSPS) is 20.2.